The molecule has 0 radical (unpaired) electrons. The summed E-state index contributed by atoms with van der Waals surface area (Å²) in [6, 6.07) is 0.611. The van der Waals surface area contributed by atoms with Crippen molar-refractivity contribution in [3.8, 4) is 0 Å². The molecular formula is C15H23N5S2. The number of nitrogens with zero attached hydrogens (tertiary/aromatic N) is 4. The van der Waals surface area contributed by atoms with Gasteiger partial charge in [0.1, 0.15) is 16.8 Å². The van der Waals surface area contributed by atoms with Crippen LogP contribution in [0.15, 0.2) is 10.7 Å². The Labute approximate surface area is 139 Å². The Morgan fingerprint density at radius 1 is 1.45 bits per heavy atom. The number of fused-ring (bicyclic) bond motifs is 1. The minimum absolute atomic E-state index is 0.611. The van der Waals surface area contributed by atoms with Gasteiger partial charge in [-0.1, -0.05) is 25.6 Å². The number of nitrogens with one attached hydrogen (secondary N) is 1. The summed E-state index contributed by atoms with van der Waals surface area (Å²) >= 11 is 3.33. The highest BCUT2D eigenvalue weighted by Crippen LogP contribution is 2.31. The van der Waals surface area contributed by atoms with Crippen LogP contribution in [0, 0.1) is 5.92 Å². The van der Waals surface area contributed by atoms with Crippen molar-refractivity contribution in [2.75, 3.05) is 31.2 Å². The van der Waals surface area contributed by atoms with Crippen LogP contribution in [0.1, 0.15) is 26.7 Å². The lowest BCUT2D eigenvalue weighted by Gasteiger charge is -2.26. The van der Waals surface area contributed by atoms with E-state index in [9.17, 15) is 0 Å². The molecule has 2 aromatic heterocycles. The molecule has 5 nitrogen and oxygen atoms in total. The van der Waals surface area contributed by atoms with E-state index in [-0.39, 0.29) is 0 Å². The van der Waals surface area contributed by atoms with E-state index in [0.717, 1.165) is 33.0 Å². The van der Waals surface area contributed by atoms with Gasteiger partial charge in [0.05, 0.1) is 0 Å². The van der Waals surface area contributed by atoms with E-state index in [1.165, 1.54) is 25.9 Å². The molecule has 120 valence electrons. The van der Waals surface area contributed by atoms with E-state index in [1.54, 1.807) is 29.4 Å². The summed E-state index contributed by atoms with van der Waals surface area (Å²) in [4.78, 5) is 15.8. The van der Waals surface area contributed by atoms with Gasteiger partial charge >= 0.3 is 0 Å². The van der Waals surface area contributed by atoms with Crippen LogP contribution in [-0.4, -0.2) is 51.8 Å². The number of thioether (sulfide) groups is 1. The molecule has 0 aliphatic carbocycles. The van der Waals surface area contributed by atoms with Crippen LogP contribution < -0.4 is 5.32 Å². The van der Waals surface area contributed by atoms with E-state index in [1.807, 2.05) is 6.26 Å². The second-order valence-corrected chi connectivity index (χ2v) is 8.18. The Morgan fingerprint density at radius 2 is 2.32 bits per heavy atom. The second kappa shape index (κ2) is 7.10. The maximum Gasteiger partial charge on any atom is 0.176 e. The third kappa shape index (κ3) is 3.52. The number of likely N-dealkylation sites (tertiary alicyclic amines) is 1. The number of aromatic nitrogens is 3. The van der Waals surface area contributed by atoms with Gasteiger partial charge in [0.25, 0.3) is 0 Å². The molecular weight excluding hydrogens is 314 g/mol. The predicted octanol–water partition coefficient (Wildman–Crippen LogP) is 3.34. The van der Waals surface area contributed by atoms with Gasteiger partial charge in [-0.2, -0.15) is 0 Å². The fraction of sp³-hybridized carbons (Fsp3) is 0.667. The Hall–Kier alpha value is -0.920. The minimum Gasteiger partial charge on any atom is -0.367 e. The van der Waals surface area contributed by atoms with Crippen LogP contribution in [0.5, 0.6) is 0 Å². The molecule has 0 spiro atoms. The molecule has 0 unspecified atom stereocenters. The van der Waals surface area contributed by atoms with Gasteiger partial charge < -0.3 is 5.32 Å². The van der Waals surface area contributed by atoms with Crippen LogP contribution in [0.4, 0.5) is 5.82 Å². The lowest BCUT2D eigenvalue weighted by Crippen LogP contribution is -2.37. The van der Waals surface area contributed by atoms with Crippen LogP contribution in [0.25, 0.3) is 10.3 Å². The zero-order valence-electron chi connectivity index (χ0n) is 13.4. The number of rotatable bonds is 6. The Morgan fingerprint density at radius 3 is 3.09 bits per heavy atom. The zero-order chi connectivity index (χ0) is 15.5. The molecule has 7 heteroatoms. The fourth-order valence-corrected chi connectivity index (χ4v) is 4.48. The van der Waals surface area contributed by atoms with Gasteiger partial charge in [-0.25, -0.2) is 15.0 Å². The maximum atomic E-state index is 4.51. The molecule has 0 saturated carbocycles. The highest BCUT2D eigenvalue weighted by atomic mass is 32.2. The molecule has 0 bridgehead atoms. The van der Waals surface area contributed by atoms with Crippen molar-refractivity contribution in [1.82, 2.24) is 19.9 Å². The fourth-order valence-electron chi connectivity index (χ4n) is 3.00. The predicted molar refractivity (Wildman–Crippen MR) is 94.9 cm³/mol. The molecule has 1 atom stereocenters. The van der Waals surface area contributed by atoms with Gasteiger partial charge in [-0.15, -0.1) is 11.3 Å². The molecule has 1 fully saturated rings. The molecule has 1 N–H and O–H groups in total. The number of thiazole rings is 1. The number of hydrogen-bond acceptors (Lipinski definition) is 7. The Kier molecular flexibility index (Phi) is 5.15. The third-order valence-corrected chi connectivity index (χ3v) is 5.99. The topological polar surface area (TPSA) is 53.9 Å². The normalized spacial score (nSPS) is 19.4. The average molecular weight is 338 g/mol. The third-order valence-electron chi connectivity index (χ3n) is 3.95. The molecule has 0 aromatic carbocycles. The smallest absolute Gasteiger partial charge is 0.176 e. The molecule has 3 rings (SSSR count). The highest BCUT2D eigenvalue weighted by Gasteiger charge is 2.25. The van der Waals surface area contributed by atoms with Gasteiger partial charge in [0.15, 0.2) is 9.99 Å². The summed E-state index contributed by atoms with van der Waals surface area (Å²) in [6.07, 6.45) is 6.22. The van der Waals surface area contributed by atoms with Gasteiger partial charge in [-0.05, 0) is 31.6 Å². The lowest BCUT2D eigenvalue weighted by atomic mass is 10.1. The minimum atomic E-state index is 0.611. The summed E-state index contributed by atoms with van der Waals surface area (Å²) in [7, 11) is 0. The number of anilines is 1. The Balaban J connectivity index is 1.69. The van der Waals surface area contributed by atoms with Gasteiger partial charge in [0.2, 0.25) is 0 Å². The molecule has 2 aromatic rings. The maximum absolute atomic E-state index is 4.51. The summed E-state index contributed by atoms with van der Waals surface area (Å²) < 4.78 is 2.11. The second-order valence-electron chi connectivity index (χ2n) is 6.12. The largest absolute Gasteiger partial charge is 0.367 e. The average Bonchev–Trinajstić information content (AvgIpc) is 3.10. The molecule has 3 heterocycles. The molecule has 22 heavy (non-hydrogen) atoms. The summed E-state index contributed by atoms with van der Waals surface area (Å²) in [5.41, 5.74) is 0.803. The van der Waals surface area contributed by atoms with Crippen molar-refractivity contribution in [2.45, 2.75) is 37.1 Å². The van der Waals surface area contributed by atoms with Crippen LogP contribution in [0.2, 0.25) is 0 Å². The van der Waals surface area contributed by atoms with E-state index in [0.29, 0.717) is 6.04 Å². The first-order valence-corrected chi connectivity index (χ1v) is 9.85. The summed E-state index contributed by atoms with van der Waals surface area (Å²) in [6.45, 7) is 7.94. The van der Waals surface area contributed by atoms with Crippen molar-refractivity contribution in [2.24, 2.45) is 5.92 Å². The van der Waals surface area contributed by atoms with Crippen molar-refractivity contribution < 1.29 is 0 Å². The quantitative estimate of drug-likeness (QED) is 0.816. The summed E-state index contributed by atoms with van der Waals surface area (Å²) in [5.74, 6) is 1.65. The highest BCUT2D eigenvalue weighted by molar-refractivity contribution is 8.00. The first kappa shape index (κ1) is 16.0. The van der Waals surface area contributed by atoms with Gasteiger partial charge in [0, 0.05) is 19.1 Å². The van der Waals surface area contributed by atoms with Crippen molar-refractivity contribution >= 4 is 39.3 Å². The molecule has 1 saturated heterocycles. The summed E-state index contributed by atoms with van der Waals surface area (Å²) in [5, 5.41) is 3.54. The van der Waals surface area contributed by atoms with E-state index in [4.69, 9.17) is 0 Å². The van der Waals surface area contributed by atoms with Crippen molar-refractivity contribution in [1.29, 1.82) is 0 Å². The zero-order valence-corrected chi connectivity index (χ0v) is 15.0. The monoisotopic (exact) mass is 337 g/mol. The van der Waals surface area contributed by atoms with E-state index < -0.39 is 0 Å². The van der Waals surface area contributed by atoms with Crippen molar-refractivity contribution in [3.63, 3.8) is 0 Å². The molecule has 1 aliphatic heterocycles. The van der Waals surface area contributed by atoms with E-state index >= 15 is 0 Å². The molecule has 1 aliphatic rings. The van der Waals surface area contributed by atoms with Crippen LogP contribution in [-0.2, 0) is 0 Å². The first-order chi connectivity index (χ1) is 10.7. The standard InChI is InChI=1S/C15H23N5S2/c1-10(2)8-20-6-4-5-11(20)7-16-13-12-14(18-9-17-13)19-15(21-3)22-12/h9-11H,4-8H2,1-3H3,(H,16,17,18)/t11-/m1/s1. The van der Waals surface area contributed by atoms with E-state index in [2.05, 4.69) is 39.0 Å². The SMILES string of the molecule is CSc1nc2ncnc(NC[C@H]3CCCN3CC(C)C)c2s1. The van der Waals surface area contributed by atoms with Gasteiger partial charge in [-0.3, -0.25) is 4.90 Å². The van der Waals surface area contributed by atoms with Crippen LogP contribution in [0.3, 0.4) is 0 Å². The first-order valence-electron chi connectivity index (χ1n) is 7.81. The number of hydrogen-bond donors (Lipinski definition) is 1. The van der Waals surface area contributed by atoms with Crippen LogP contribution >= 0.6 is 23.1 Å². The van der Waals surface area contributed by atoms with Crippen molar-refractivity contribution in [3.05, 3.63) is 6.33 Å². The Bertz CT molecular complexity index is 627. The lowest BCUT2D eigenvalue weighted by molar-refractivity contribution is 0.234. The molecule has 0 amide bonds.